The first kappa shape index (κ1) is 35.2. The molecule has 0 spiro atoms. The maximum Gasteiger partial charge on any atom is 0.160 e. The summed E-state index contributed by atoms with van der Waals surface area (Å²) in [7, 11) is 0. The van der Waals surface area contributed by atoms with Crippen LogP contribution in [-0.2, 0) is 0 Å². The number of para-hydroxylation sites is 1. The van der Waals surface area contributed by atoms with Crippen molar-refractivity contribution in [1.29, 1.82) is 0 Å². The highest BCUT2D eigenvalue weighted by molar-refractivity contribution is 7.26. The number of hydrogen-bond donors (Lipinski definition) is 0. The molecule has 4 heterocycles. The Labute approximate surface area is 364 Å². The minimum atomic E-state index is 0.711. The summed E-state index contributed by atoms with van der Waals surface area (Å²) in [6.45, 7) is 0. The molecular formula is C57H33N3S2. The van der Waals surface area contributed by atoms with Crippen molar-refractivity contribution in [1.82, 2.24) is 15.0 Å². The Hall–Kier alpha value is -7.57. The highest BCUT2D eigenvalue weighted by atomic mass is 32.1. The summed E-state index contributed by atoms with van der Waals surface area (Å²) >= 11 is 3.69. The molecule has 0 saturated heterocycles. The van der Waals surface area contributed by atoms with E-state index in [4.69, 9.17) is 15.0 Å². The van der Waals surface area contributed by atoms with Gasteiger partial charge in [0, 0.05) is 78.8 Å². The summed E-state index contributed by atoms with van der Waals surface area (Å²) in [5.74, 6) is 0.711. The van der Waals surface area contributed by atoms with Crippen molar-refractivity contribution in [2.45, 2.75) is 0 Å². The van der Waals surface area contributed by atoms with Crippen LogP contribution in [0.25, 0.3) is 129 Å². The van der Waals surface area contributed by atoms with Gasteiger partial charge in [-0.3, -0.25) is 0 Å². The van der Waals surface area contributed by atoms with Gasteiger partial charge in [0.25, 0.3) is 0 Å². The molecule has 0 saturated carbocycles. The molecule has 0 aliphatic rings. The maximum absolute atomic E-state index is 5.32. The largest absolute Gasteiger partial charge is 0.247 e. The van der Waals surface area contributed by atoms with E-state index in [1.807, 2.05) is 28.7 Å². The summed E-state index contributed by atoms with van der Waals surface area (Å²) in [5, 5.41) is 11.0. The fraction of sp³-hybridized carbons (Fsp3) is 0. The molecule has 62 heavy (non-hydrogen) atoms. The normalized spacial score (nSPS) is 11.9. The topological polar surface area (TPSA) is 38.7 Å². The van der Waals surface area contributed by atoms with Crippen molar-refractivity contribution in [3.05, 3.63) is 200 Å². The Morgan fingerprint density at radius 2 is 0.871 bits per heavy atom. The number of fused-ring (bicyclic) bond motifs is 11. The van der Waals surface area contributed by atoms with E-state index in [0.29, 0.717) is 5.82 Å². The van der Waals surface area contributed by atoms with Gasteiger partial charge in [0.15, 0.2) is 5.82 Å². The first-order valence-electron chi connectivity index (χ1n) is 20.8. The summed E-state index contributed by atoms with van der Waals surface area (Å²) in [4.78, 5) is 15.8. The molecule has 288 valence electrons. The fourth-order valence-corrected chi connectivity index (χ4v) is 11.7. The van der Waals surface area contributed by atoms with Crippen molar-refractivity contribution in [3.63, 3.8) is 0 Å². The molecule has 0 radical (unpaired) electrons. The highest BCUT2D eigenvalue weighted by Crippen LogP contribution is 2.46. The molecule has 0 aliphatic carbocycles. The van der Waals surface area contributed by atoms with E-state index >= 15 is 0 Å². The van der Waals surface area contributed by atoms with Gasteiger partial charge in [-0.05, 0) is 64.4 Å². The molecular weight excluding hydrogens is 791 g/mol. The predicted octanol–water partition coefficient (Wildman–Crippen LogP) is 16.4. The van der Waals surface area contributed by atoms with Crippen LogP contribution in [0.4, 0.5) is 0 Å². The van der Waals surface area contributed by atoms with E-state index in [1.54, 1.807) is 0 Å². The SMILES string of the molecule is c1ccc(-c2nc(-c3cccc4c(-c5ccc6sc7ccc8c(-c9ccccc9)nc9ccccc9c8c7c6c5)cccc34)cc(-c3cccc4sc5ccccc5c34)n2)cc1. The second-order valence-corrected chi connectivity index (χ2v) is 18.0. The zero-order valence-corrected chi connectivity index (χ0v) is 34.8. The lowest BCUT2D eigenvalue weighted by Gasteiger charge is -2.14. The molecule has 3 nitrogen and oxygen atoms in total. The van der Waals surface area contributed by atoms with Gasteiger partial charge in [0.05, 0.1) is 22.6 Å². The van der Waals surface area contributed by atoms with Crippen molar-refractivity contribution in [2.75, 3.05) is 0 Å². The molecule has 4 aromatic heterocycles. The Morgan fingerprint density at radius 3 is 1.69 bits per heavy atom. The lowest BCUT2D eigenvalue weighted by Crippen LogP contribution is -1.97. The molecule has 0 amide bonds. The fourth-order valence-electron chi connectivity index (χ4n) is 9.51. The molecule has 0 N–H and O–H groups in total. The van der Waals surface area contributed by atoms with Crippen LogP contribution in [0.3, 0.4) is 0 Å². The summed E-state index contributed by atoms with van der Waals surface area (Å²) in [5.41, 5.74) is 10.5. The molecule has 5 heteroatoms. The number of pyridine rings is 1. The van der Waals surface area contributed by atoms with Gasteiger partial charge < -0.3 is 0 Å². The summed E-state index contributed by atoms with van der Waals surface area (Å²) in [6, 6.07) is 71.8. The molecule has 0 bridgehead atoms. The number of thiophene rings is 2. The zero-order chi connectivity index (χ0) is 40.7. The van der Waals surface area contributed by atoms with Crippen LogP contribution in [0.2, 0.25) is 0 Å². The van der Waals surface area contributed by atoms with Crippen molar-refractivity contribution in [3.8, 4) is 56.3 Å². The van der Waals surface area contributed by atoms with Gasteiger partial charge in [-0.2, -0.15) is 0 Å². The van der Waals surface area contributed by atoms with Crippen molar-refractivity contribution in [2.24, 2.45) is 0 Å². The average Bonchev–Trinajstić information content (AvgIpc) is 3.92. The van der Waals surface area contributed by atoms with Crippen LogP contribution >= 0.6 is 22.7 Å². The van der Waals surface area contributed by atoms with E-state index in [9.17, 15) is 0 Å². The second-order valence-electron chi connectivity index (χ2n) is 15.8. The number of benzene rings is 9. The quantitative estimate of drug-likeness (QED) is 0.162. The van der Waals surface area contributed by atoms with Crippen molar-refractivity contribution >= 4 is 95.5 Å². The lowest BCUT2D eigenvalue weighted by atomic mass is 9.92. The Bertz CT molecular complexity index is 3920. The van der Waals surface area contributed by atoms with Crippen LogP contribution in [-0.4, -0.2) is 15.0 Å². The lowest BCUT2D eigenvalue weighted by molar-refractivity contribution is 1.19. The molecule has 0 unspecified atom stereocenters. The predicted molar refractivity (Wildman–Crippen MR) is 265 cm³/mol. The third-order valence-electron chi connectivity index (χ3n) is 12.3. The maximum atomic E-state index is 5.32. The number of rotatable bonds is 5. The Morgan fingerprint density at radius 1 is 0.290 bits per heavy atom. The van der Waals surface area contributed by atoms with E-state index in [1.165, 1.54) is 73.0 Å². The minimum absolute atomic E-state index is 0.711. The Kier molecular flexibility index (Phi) is 7.95. The van der Waals surface area contributed by atoms with Gasteiger partial charge in [0.1, 0.15) is 0 Å². The number of aromatic nitrogens is 3. The van der Waals surface area contributed by atoms with Crippen LogP contribution < -0.4 is 0 Å². The number of nitrogens with zero attached hydrogens (tertiary/aromatic N) is 3. The molecule has 0 atom stereocenters. The van der Waals surface area contributed by atoms with E-state index in [2.05, 4.69) is 194 Å². The van der Waals surface area contributed by atoms with Crippen molar-refractivity contribution < 1.29 is 0 Å². The standard InChI is InChI=1S/C57H33N3S2/c1-3-14-34(15-4-1)56-44-29-31-52-55(54(44)41-18-7-9-25-46(41)58-56)45-32-36(28-30-50(45)62-52)37-20-11-22-39-38(37)21-12-23-40(39)47-33-48(60-57(59-47)35-16-5-2-6-17-35)42-24-13-27-51-53(42)43-19-8-10-26-49(43)61-51/h1-33H. The average molecular weight is 824 g/mol. The third kappa shape index (κ3) is 5.53. The molecule has 0 aliphatic heterocycles. The smallest absolute Gasteiger partial charge is 0.160 e. The Balaban J connectivity index is 1.02. The molecule has 9 aromatic carbocycles. The minimum Gasteiger partial charge on any atom is -0.247 e. The summed E-state index contributed by atoms with van der Waals surface area (Å²) < 4.78 is 5.08. The van der Waals surface area contributed by atoms with Crippen LogP contribution in [0.1, 0.15) is 0 Å². The van der Waals surface area contributed by atoms with E-state index < -0.39 is 0 Å². The monoisotopic (exact) mass is 823 g/mol. The molecule has 13 aromatic rings. The first-order valence-corrected chi connectivity index (χ1v) is 22.5. The van der Waals surface area contributed by atoms with E-state index in [0.717, 1.165) is 50.2 Å². The summed E-state index contributed by atoms with van der Waals surface area (Å²) in [6.07, 6.45) is 0. The molecule has 0 fully saturated rings. The van der Waals surface area contributed by atoms with Crippen LogP contribution in [0.15, 0.2) is 200 Å². The van der Waals surface area contributed by atoms with E-state index in [-0.39, 0.29) is 0 Å². The second kappa shape index (κ2) is 14.0. The van der Waals surface area contributed by atoms with Gasteiger partial charge in [0.2, 0.25) is 0 Å². The molecule has 13 rings (SSSR count). The number of hydrogen-bond acceptors (Lipinski definition) is 5. The van der Waals surface area contributed by atoms with Gasteiger partial charge in [-0.1, -0.05) is 158 Å². The van der Waals surface area contributed by atoms with Gasteiger partial charge in [-0.25, -0.2) is 15.0 Å². The third-order valence-corrected chi connectivity index (χ3v) is 14.6. The van der Waals surface area contributed by atoms with Gasteiger partial charge >= 0.3 is 0 Å². The zero-order valence-electron chi connectivity index (χ0n) is 33.2. The van der Waals surface area contributed by atoms with Crippen LogP contribution in [0, 0.1) is 0 Å². The van der Waals surface area contributed by atoms with Gasteiger partial charge in [-0.15, -0.1) is 22.7 Å². The highest BCUT2D eigenvalue weighted by Gasteiger charge is 2.20. The first-order chi connectivity index (χ1) is 30.7. The van der Waals surface area contributed by atoms with Crippen LogP contribution in [0.5, 0.6) is 0 Å².